The zero-order valence-corrected chi connectivity index (χ0v) is 19.2. The number of morpholine rings is 1. The SMILES string of the molecule is CC(C)CN(C(=O)c1cccc(S(=O)(=O)N2CCOCC2)c1)c1nc2ccccc2s1. The van der Waals surface area contributed by atoms with Gasteiger partial charge in [0.2, 0.25) is 10.0 Å². The van der Waals surface area contributed by atoms with Gasteiger partial charge in [-0.2, -0.15) is 4.31 Å². The number of para-hydroxylation sites is 1. The van der Waals surface area contributed by atoms with E-state index in [1.54, 1.807) is 17.0 Å². The number of anilines is 1. The number of hydrogen-bond donors (Lipinski definition) is 0. The molecule has 1 saturated heterocycles. The smallest absolute Gasteiger partial charge is 0.260 e. The molecule has 0 aliphatic carbocycles. The summed E-state index contributed by atoms with van der Waals surface area (Å²) in [7, 11) is -3.68. The topological polar surface area (TPSA) is 79.8 Å². The lowest BCUT2D eigenvalue weighted by Crippen LogP contribution is -2.40. The van der Waals surface area contributed by atoms with Crippen LogP contribution < -0.4 is 4.90 Å². The highest BCUT2D eigenvalue weighted by Crippen LogP contribution is 2.30. The molecule has 4 rings (SSSR count). The number of nitrogens with zero attached hydrogens (tertiary/aromatic N) is 3. The molecule has 0 spiro atoms. The first kappa shape index (κ1) is 21.9. The first-order chi connectivity index (χ1) is 14.9. The second kappa shape index (κ2) is 9.04. The van der Waals surface area contributed by atoms with E-state index in [0.717, 1.165) is 10.2 Å². The predicted octanol–water partition coefficient (Wildman–Crippen LogP) is 3.62. The van der Waals surface area contributed by atoms with Crippen LogP contribution in [0, 0.1) is 5.92 Å². The third-order valence-corrected chi connectivity index (χ3v) is 7.95. The molecule has 31 heavy (non-hydrogen) atoms. The van der Waals surface area contributed by atoms with Crippen LogP contribution >= 0.6 is 11.3 Å². The molecule has 2 heterocycles. The minimum atomic E-state index is -3.68. The maximum absolute atomic E-state index is 13.5. The second-order valence-electron chi connectivity index (χ2n) is 7.82. The summed E-state index contributed by atoms with van der Waals surface area (Å²) in [5.41, 5.74) is 1.17. The van der Waals surface area contributed by atoms with Crippen LogP contribution in [0.3, 0.4) is 0 Å². The minimum absolute atomic E-state index is 0.119. The zero-order chi connectivity index (χ0) is 22.0. The van der Waals surface area contributed by atoms with Gasteiger partial charge in [-0.15, -0.1) is 0 Å². The lowest BCUT2D eigenvalue weighted by atomic mass is 10.1. The van der Waals surface area contributed by atoms with Gasteiger partial charge in [0.1, 0.15) is 0 Å². The van der Waals surface area contributed by atoms with E-state index in [-0.39, 0.29) is 16.7 Å². The normalized spacial score (nSPS) is 15.5. The van der Waals surface area contributed by atoms with Gasteiger partial charge in [0, 0.05) is 25.2 Å². The number of thiazole rings is 1. The van der Waals surface area contributed by atoms with Crippen LogP contribution in [0.4, 0.5) is 5.13 Å². The van der Waals surface area contributed by atoms with Crippen molar-refractivity contribution in [2.75, 3.05) is 37.7 Å². The summed E-state index contributed by atoms with van der Waals surface area (Å²) in [6, 6.07) is 14.0. The molecule has 0 unspecified atom stereocenters. The van der Waals surface area contributed by atoms with E-state index in [1.807, 2.05) is 38.1 Å². The van der Waals surface area contributed by atoms with Gasteiger partial charge < -0.3 is 4.74 Å². The van der Waals surface area contributed by atoms with Crippen LogP contribution in [-0.4, -0.2) is 56.5 Å². The molecule has 9 heteroatoms. The number of ether oxygens (including phenoxy) is 1. The molecule has 3 aromatic rings. The zero-order valence-electron chi connectivity index (χ0n) is 17.5. The summed E-state index contributed by atoms with van der Waals surface area (Å²) in [6.45, 7) is 5.92. The van der Waals surface area contributed by atoms with Gasteiger partial charge in [-0.25, -0.2) is 13.4 Å². The van der Waals surface area contributed by atoms with E-state index in [1.165, 1.54) is 27.8 Å². The van der Waals surface area contributed by atoms with Crippen LogP contribution in [0.5, 0.6) is 0 Å². The average molecular weight is 460 g/mol. The van der Waals surface area contributed by atoms with Crippen molar-refractivity contribution in [1.29, 1.82) is 0 Å². The summed E-state index contributed by atoms with van der Waals surface area (Å²) in [5, 5.41) is 0.612. The van der Waals surface area contributed by atoms with Gasteiger partial charge in [0.15, 0.2) is 5.13 Å². The Morgan fingerprint density at radius 1 is 1.16 bits per heavy atom. The summed E-state index contributed by atoms with van der Waals surface area (Å²) < 4.78 is 33.7. The Kier molecular flexibility index (Phi) is 6.38. The molecule has 7 nitrogen and oxygen atoms in total. The first-order valence-electron chi connectivity index (χ1n) is 10.2. The molecular formula is C22H25N3O4S2. The van der Waals surface area contributed by atoms with E-state index in [0.29, 0.717) is 43.5 Å². The largest absolute Gasteiger partial charge is 0.379 e. The van der Waals surface area contributed by atoms with Crippen molar-refractivity contribution in [3.8, 4) is 0 Å². The average Bonchev–Trinajstić information content (AvgIpc) is 3.21. The highest BCUT2D eigenvalue weighted by atomic mass is 32.2. The van der Waals surface area contributed by atoms with Gasteiger partial charge in [-0.05, 0) is 36.2 Å². The van der Waals surface area contributed by atoms with Crippen molar-refractivity contribution in [2.45, 2.75) is 18.7 Å². The fourth-order valence-electron chi connectivity index (χ4n) is 3.47. The Morgan fingerprint density at radius 3 is 2.61 bits per heavy atom. The molecule has 0 atom stereocenters. The maximum Gasteiger partial charge on any atom is 0.260 e. The quantitative estimate of drug-likeness (QED) is 0.563. The minimum Gasteiger partial charge on any atom is -0.379 e. The van der Waals surface area contributed by atoms with Gasteiger partial charge in [0.25, 0.3) is 5.91 Å². The number of amides is 1. The standard InChI is InChI=1S/C22H25N3O4S2/c1-16(2)15-25(22-23-19-8-3-4-9-20(19)30-22)21(26)17-6-5-7-18(14-17)31(27,28)24-10-12-29-13-11-24/h3-9,14,16H,10-13,15H2,1-2H3. The fourth-order valence-corrected chi connectivity index (χ4v) is 5.90. The Balaban J connectivity index is 1.68. The Hall–Kier alpha value is -2.33. The first-order valence-corrected chi connectivity index (χ1v) is 12.5. The van der Waals surface area contributed by atoms with Crippen molar-refractivity contribution in [3.05, 3.63) is 54.1 Å². The molecule has 1 fully saturated rings. The lowest BCUT2D eigenvalue weighted by Gasteiger charge is -2.26. The van der Waals surface area contributed by atoms with E-state index in [2.05, 4.69) is 4.98 Å². The Bertz CT molecular complexity index is 1150. The van der Waals surface area contributed by atoms with Crippen molar-refractivity contribution in [1.82, 2.24) is 9.29 Å². The van der Waals surface area contributed by atoms with Crippen LogP contribution in [0.25, 0.3) is 10.2 Å². The Labute approximate surface area is 186 Å². The van der Waals surface area contributed by atoms with E-state index in [9.17, 15) is 13.2 Å². The molecule has 0 radical (unpaired) electrons. The van der Waals surface area contributed by atoms with Gasteiger partial charge in [0.05, 0.1) is 28.3 Å². The third-order valence-electron chi connectivity index (χ3n) is 5.00. The van der Waals surface area contributed by atoms with Crippen LogP contribution in [0.2, 0.25) is 0 Å². The van der Waals surface area contributed by atoms with Crippen molar-refractivity contribution < 1.29 is 17.9 Å². The number of rotatable bonds is 6. The summed E-state index contributed by atoms with van der Waals surface area (Å²) in [5.74, 6) is -0.0389. The monoisotopic (exact) mass is 459 g/mol. The summed E-state index contributed by atoms with van der Waals surface area (Å²) in [4.78, 5) is 19.9. The number of carbonyl (C=O) groups excluding carboxylic acids is 1. The molecule has 2 aromatic carbocycles. The number of fused-ring (bicyclic) bond motifs is 1. The summed E-state index contributed by atoms with van der Waals surface area (Å²) in [6.07, 6.45) is 0. The predicted molar refractivity (Wildman–Crippen MR) is 122 cm³/mol. The number of aromatic nitrogens is 1. The summed E-state index contributed by atoms with van der Waals surface area (Å²) >= 11 is 1.46. The van der Waals surface area contributed by atoms with Gasteiger partial charge in [-0.1, -0.05) is 43.4 Å². The molecule has 164 valence electrons. The van der Waals surface area contributed by atoms with E-state index < -0.39 is 10.0 Å². The van der Waals surface area contributed by atoms with Gasteiger partial charge in [-0.3, -0.25) is 9.69 Å². The van der Waals surface area contributed by atoms with Crippen molar-refractivity contribution >= 4 is 42.6 Å². The third kappa shape index (κ3) is 4.64. The highest BCUT2D eigenvalue weighted by molar-refractivity contribution is 7.89. The van der Waals surface area contributed by atoms with Crippen molar-refractivity contribution in [2.24, 2.45) is 5.92 Å². The van der Waals surface area contributed by atoms with Crippen LogP contribution in [-0.2, 0) is 14.8 Å². The van der Waals surface area contributed by atoms with E-state index in [4.69, 9.17) is 4.74 Å². The van der Waals surface area contributed by atoms with Crippen molar-refractivity contribution in [3.63, 3.8) is 0 Å². The second-order valence-corrected chi connectivity index (χ2v) is 10.8. The molecule has 0 bridgehead atoms. The molecule has 1 aliphatic heterocycles. The van der Waals surface area contributed by atoms with Crippen LogP contribution in [0.15, 0.2) is 53.4 Å². The molecule has 1 amide bonds. The number of carbonyl (C=O) groups is 1. The number of benzene rings is 2. The molecule has 1 aliphatic rings. The highest BCUT2D eigenvalue weighted by Gasteiger charge is 2.28. The fraction of sp³-hybridized carbons (Fsp3) is 0.364. The Morgan fingerprint density at radius 2 is 1.90 bits per heavy atom. The maximum atomic E-state index is 13.5. The molecular weight excluding hydrogens is 434 g/mol. The number of hydrogen-bond acceptors (Lipinski definition) is 6. The molecule has 0 N–H and O–H groups in total. The lowest BCUT2D eigenvalue weighted by molar-refractivity contribution is 0.0730. The molecule has 0 saturated carbocycles. The number of sulfonamides is 1. The van der Waals surface area contributed by atoms with E-state index >= 15 is 0 Å². The van der Waals surface area contributed by atoms with Gasteiger partial charge >= 0.3 is 0 Å². The van der Waals surface area contributed by atoms with Crippen LogP contribution in [0.1, 0.15) is 24.2 Å². The molecule has 1 aromatic heterocycles.